The van der Waals surface area contributed by atoms with E-state index in [1.807, 2.05) is 25.1 Å². The Bertz CT molecular complexity index is 604. The number of hydrogen-bond acceptors (Lipinski definition) is 5. The number of nitriles is 1. The summed E-state index contributed by atoms with van der Waals surface area (Å²) in [5, 5.41) is 8.71. The lowest BCUT2D eigenvalue weighted by Crippen LogP contribution is -2.41. The summed E-state index contributed by atoms with van der Waals surface area (Å²) in [6.07, 6.45) is 3.02. The maximum absolute atomic E-state index is 12.6. The highest BCUT2D eigenvalue weighted by Crippen LogP contribution is 2.26. The Morgan fingerprint density at radius 2 is 2.25 bits per heavy atom. The monoisotopic (exact) mass is 294 g/mol. The molecule has 0 amide bonds. The molecule has 7 heteroatoms. The number of likely N-dealkylation sites (N-methyl/N-ethyl adjacent to an activating group) is 1. The van der Waals surface area contributed by atoms with Gasteiger partial charge in [0.25, 0.3) is 0 Å². The number of hydrogen-bond donors (Lipinski definition) is 0. The molecule has 1 saturated heterocycles. The minimum atomic E-state index is -3.52. The molecule has 0 N–H and O–H groups in total. The molecule has 1 aromatic heterocycles. The van der Waals surface area contributed by atoms with Gasteiger partial charge in [-0.3, -0.25) is 0 Å². The van der Waals surface area contributed by atoms with Crippen LogP contribution in [0, 0.1) is 11.3 Å². The highest BCUT2D eigenvalue weighted by atomic mass is 32.2. The molecule has 20 heavy (non-hydrogen) atoms. The van der Waals surface area contributed by atoms with Gasteiger partial charge in [0.05, 0.1) is 0 Å². The van der Waals surface area contributed by atoms with E-state index in [0.29, 0.717) is 13.1 Å². The first kappa shape index (κ1) is 14.9. The molecule has 2 rings (SSSR count). The number of sulfonamides is 1. The topological polar surface area (TPSA) is 77.3 Å². The van der Waals surface area contributed by atoms with Gasteiger partial charge in [-0.05, 0) is 39.1 Å². The number of nitrogens with zero attached hydrogens (tertiary/aromatic N) is 4. The van der Waals surface area contributed by atoms with Gasteiger partial charge in [-0.1, -0.05) is 0 Å². The van der Waals surface area contributed by atoms with E-state index in [-0.39, 0.29) is 16.6 Å². The van der Waals surface area contributed by atoms with Gasteiger partial charge in [0.15, 0.2) is 0 Å². The molecular formula is C13H18N4O2S. The summed E-state index contributed by atoms with van der Waals surface area (Å²) in [5.41, 5.74) is 0.218. The second kappa shape index (κ2) is 5.87. The van der Waals surface area contributed by atoms with Crippen LogP contribution in [0.2, 0.25) is 0 Å². The van der Waals surface area contributed by atoms with E-state index in [1.54, 1.807) is 4.31 Å². The maximum atomic E-state index is 12.6. The van der Waals surface area contributed by atoms with E-state index < -0.39 is 10.0 Å². The van der Waals surface area contributed by atoms with Crippen molar-refractivity contribution in [1.82, 2.24) is 14.2 Å². The maximum Gasteiger partial charge on any atom is 0.244 e. The smallest absolute Gasteiger partial charge is 0.244 e. The second-order valence-corrected chi connectivity index (χ2v) is 7.06. The molecule has 0 aromatic carbocycles. The number of pyridine rings is 1. The lowest BCUT2D eigenvalue weighted by atomic mass is 10.2. The van der Waals surface area contributed by atoms with E-state index in [4.69, 9.17) is 5.26 Å². The van der Waals surface area contributed by atoms with Crippen molar-refractivity contribution in [2.75, 3.05) is 27.2 Å². The van der Waals surface area contributed by atoms with Crippen LogP contribution in [0.4, 0.5) is 0 Å². The van der Waals surface area contributed by atoms with Gasteiger partial charge in [-0.25, -0.2) is 13.4 Å². The van der Waals surface area contributed by atoms with Crippen molar-refractivity contribution in [2.24, 2.45) is 0 Å². The van der Waals surface area contributed by atoms with Crippen molar-refractivity contribution in [3.8, 4) is 6.07 Å². The molecule has 1 aromatic rings. The van der Waals surface area contributed by atoms with Gasteiger partial charge in [-0.2, -0.15) is 9.57 Å². The Hall–Kier alpha value is -1.49. The van der Waals surface area contributed by atoms with Gasteiger partial charge in [0.1, 0.15) is 16.7 Å². The van der Waals surface area contributed by atoms with Crippen LogP contribution in [0.5, 0.6) is 0 Å². The minimum absolute atomic E-state index is 0.00523. The van der Waals surface area contributed by atoms with Crippen LogP contribution < -0.4 is 0 Å². The summed E-state index contributed by atoms with van der Waals surface area (Å²) in [6.45, 7) is 1.25. The van der Waals surface area contributed by atoms with Crippen molar-refractivity contribution in [3.63, 3.8) is 0 Å². The molecule has 2 heterocycles. The highest BCUT2D eigenvalue weighted by Gasteiger charge is 2.35. The number of rotatable bonds is 4. The predicted octanol–water partition coefficient (Wildman–Crippen LogP) is 0.668. The largest absolute Gasteiger partial charge is 0.308 e. The van der Waals surface area contributed by atoms with Crippen LogP contribution in [0.25, 0.3) is 0 Å². The molecule has 1 unspecified atom stereocenters. The van der Waals surface area contributed by atoms with E-state index in [2.05, 4.69) is 4.98 Å². The zero-order chi connectivity index (χ0) is 14.8. The summed E-state index contributed by atoms with van der Waals surface area (Å²) in [6, 6.07) is 4.77. The molecule has 0 aliphatic carbocycles. The Kier molecular flexibility index (Phi) is 4.38. The summed E-state index contributed by atoms with van der Waals surface area (Å²) in [4.78, 5) is 5.99. The second-order valence-electron chi connectivity index (χ2n) is 5.16. The SMILES string of the molecule is CN(C)CC1CCCN1S(=O)(=O)c1ccc(C#N)nc1. The first-order chi connectivity index (χ1) is 9.45. The third kappa shape index (κ3) is 2.98. The van der Waals surface area contributed by atoms with Gasteiger partial charge < -0.3 is 4.90 Å². The van der Waals surface area contributed by atoms with Crippen LogP contribution in [0.15, 0.2) is 23.2 Å². The van der Waals surface area contributed by atoms with Crippen molar-refractivity contribution in [3.05, 3.63) is 24.0 Å². The Balaban J connectivity index is 2.26. The molecule has 0 radical (unpaired) electrons. The van der Waals surface area contributed by atoms with Crippen LogP contribution in [-0.4, -0.2) is 55.8 Å². The minimum Gasteiger partial charge on any atom is -0.308 e. The average Bonchev–Trinajstić information content (AvgIpc) is 2.87. The van der Waals surface area contributed by atoms with E-state index in [9.17, 15) is 8.42 Å². The Morgan fingerprint density at radius 1 is 1.50 bits per heavy atom. The summed E-state index contributed by atoms with van der Waals surface area (Å²) < 4.78 is 26.8. The predicted molar refractivity (Wildman–Crippen MR) is 74.4 cm³/mol. The first-order valence-electron chi connectivity index (χ1n) is 6.48. The van der Waals surface area contributed by atoms with Crippen LogP contribution in [0.3, 0.4) is 0 Å². The summed E-state index contributed by atoms with van der Waals surface area (Å²) in [7, 11) is 0.350. The fraction of sp³-hybridized carbons (Fsp3) is 0.538. The van der Waals surface area contributed by atoms with Crippen molar-refractivity contribution in [2.45, 2.75) is 23.8 Å². The van der Waals surface area contributed by atoms with Crippen molar-refractivity contribution in [1.29, 1.82) is 5.26 Å². The van der Waals surface area contributed by atoms with Gasteiger partial charge in [0, 0.05) is 25.3 Å². The summed E-state index contributed by atoms with van der Waals surface area (Å²) in [5.74, 6) is 0. The quantitative estimate of drug-likeness (QED) is 0.815. The van der Waals surface area contributed by atoms with Crippen molar-refractivity contribution >= 4 is 10.0 Å². The summed E-state index contributed by atoms with van der Waals surface area (Å²) >= 11 is 0. The van der Waals surface area contributed by atoms with Crippen molar-refractivity contribution < 1.29 is 8.42 Å². The Labute approximate surface area is 119 Å². The lowest BCUT2D eigenvalue weighted by molar-refractivity contribution is 0.291. The third-order valence-electron chi connectivity index (χ3n) is 3.36. The average molecular weight is 294 g/mol. The molecule has 108 valence electrons. The molecule has 1 aliphatic heterocycles. The fourth-order valence-corrected chi connectivity index (χ4v) is 4.09. The number of aromatic nitrogens is 1. The fourth-order valence-electron chi connectivity index (χ4n) is 2.46. The van der Waals surface area contributed by atoms with E-state index in [0.717, 1.165) is 12.8 Å². The highest BCUT2D eigenvalue weighted by molar-refractivity contribution is 7.89. The van der Waals surface area contributed by atoms with Gasteiger partial charge in [0.2, 0.25) is 10.0 Å². The third-order valence-corrected chi connectivity index (χ3v) is 5.29. The zero-order valence-electron chi connectivity index (χ0n) is 11.7. The molecular weight excluding hydrogens is 276 g/mol. The first-order valence-corrected chi connectivity index (χ1v) is 7.92. The molecule has 1 fully saturated rings. The molecule has 0 spiro atoms. The van der Waals surface area contributed by atoms with E-state index in [1.165, 1.54) is 18.3 Å². The van der Waals surface area contributed by atoms with Crippen LogP contribution in [-0.2, 0) is 10.0 Å². The molecule has 0 bridgehead atoms. The van der Waals surface area contributed by atoms with Crippen LogP contribution >= 0.6 is 0 Å². The lowest BCUT2D eigenvalue weighted by Gasteiger charge is -2.26. The standard InChI is InChI=1S/C13H18N4O2S/c1-16(2)10-12-4-3-7-17(12)20(18,19)13-6-5-11(8-14)15-9-13/h5-6,9,12H,3-4,7,10H2,1-2H3. The normalized spacial score (nSPS) is 20.2. The van der Waals surface area contributed by atoms with E-state index >= 15 is 0 Å². The van der Waals surface area contributed by atoms with Gasteiger partial charge >= 0.3 is 0 Å². The zero-order valence-corrected chi connectivity index (χ0v) is 12.5. The molecule has 6 nitrogen and oxygen atoms in total. The molecule has 0 saturated carbocycles. The molecule has 1 aliphatic rings. The Morgan fingerprint density at radius 3 is 2.80 bits per heavy atom. The molecule has 1 atom stereocenters. The van der Waals surface area contributed by atoms with Crippen LogP contribution in [0.1, 0.15) is 18.5 Å². The van der Waals surface area contributed by atoms with Gasteiger partial charge in [-0.15, -0.1) is 0 Å².